The average molecular weight is 301 g/mol. The Hall–Kier alpha value is -1.82. The van der Waals surface area contributed by atoms with Crippen LogP contribution in [0.1, 0.15) is 31.1 Å². The Morgan fingerprint density at radius 2 is 2.18 bits per heavy atom. The highest BCUT2D eigenvalue weighted by Gasteiger charge is 2.29. The highest BCUT2D eigenvalue weighted by molar-refractivity contribution is 5.89. The first-order valence-corrected chi connectivity index (χ1v) is 8.15. The Morgan fingerprint density at radius 1 is 1.32 bits per heavy atom. The van der Waals surface area contributed by atoms with Gasteiger partial charge in [-0.25, -0.2) is 4.98 Å². The molecule has 1 aliphatic carbocycles. The Morgan fingerprint density at radius 3 is 2.95 bits per heavy atom. The molecule has 118 valence electrons. The van der Waals surface area contributed by atoms with Crippen molar-refractivity contribution in [1.29, 1.82) is 0 Å². The molecule has 3 heterocycles. The summed E-state index contributed by atoms with van der Waals surface area (Å²) in [6.45, 7) is 4.19. The molecule has 3 N–H and O–H groups in total. The number of nitrogens with two attached hydrogens (primary N) is 1. The maximum Gasteiger partial charge on any atom is 0.222 e. The summed E-state index contributed by atoms with van der Waals surface area (Å²) in [6, 6.07) is 0.496. The number of nitrogen functional groups attached to an aromatic ring is 1. The maximum absolute atomic E-state index is 6.16. The zero-order chi connectivity index (χ0) is 15.3. The highest BCUT2D eigenvalue weighted by atomic mass is 16.3. The number of anilines is 2. The van der Waals surface area contributed by atoms with E-state index in [1.165, 1.54) is 12.0 Å². The summed E-state index contributed by atoms with van der Waals surface area (Å²) in [5, 5.41) is 3.33. The number of likely N-dealkylation sites (N-methyl/N-ethyl adjacent to an activating group) is 1. The van der Waals surface area contributed by atoms with Crippen molar-refractivity contribution >= 4 is 22.9 Å². The smallest absolute Gasteiger partial charge is 0.222 e. The van der Waals surface area contributed by atoms with Crippen molar-refractivity contribution in [3.8, 4) is 0 Å². The molecule has 2 aromatic rings. The van der Waals surface area contributed by atoms with E-state index in [2.05, 4.69) is 27.1 Å². The molecule has 1 unspecified atom stereocenters. The molecule has 6 nitrogen and oxygen atoms in total. The molecule has 4 rings (SSSR count). The van der Waals surface area contributed by atoms with Gasteiger partial charge < -0.3 is 20.4 Å². The second-order valence-corrected chi connectivity index (χ2v) is 6.66. The summed E-state index contributed by atoms with van der Waals surface area (Å²) in [7, 11) is 2.01. The van der Waals surface area contributed by atoms with Crippen LogP contribution in [0.15, 0.2) is 4.42 Å². The molecular weight excluding hydrogens is 278 g/mol. The number of hydrogen-bond acceptors (Lipinski definition) is 6. The third-order valence-corrected chi connectivity index (χ3v) is 5.03. The van der Waals surface area contributed by atoms with Crippen LogP contribution in [0.3, 0.4) is 0 Å². The normalized spacial score (nSPS) is 24.9. The molecule has 1 aliphatic heterocycles. The van der Waals surface area contributed by atoms with E-state index in [0.717, 1.165) is 55.0 Å². The molecule has 0 saturated carbocycles. The number of hydrogen-bond donors (Lipinski definition) is 2. The summed E-state index contributed by atoms with van der Waals surface area (Å²) >= 11 is 0. The Bertz CT molecular complexity index is 710. The Labute approximate surface area is 130 Å². The topological polar surface area (TPSA) is 80.2 Å². The average Bonchev–Trinajstić information content (AvgIpc) is 3.11. The van der Waals surface area contributed by atoms with Crippen LogP contribution in [0, 0.1) is 5.92 Å². The quantitative estimate of drug-likeness (QED) is 0.879. The van der Waals surface area contributed by atoms with Crippen molar-refractivity contribution in [2.75, 3.05) is 30.8 Å². The minimum atomic E-state index is 0.345. The summed E-state index contributed by atoms with van der Waals surface area (Å²) < 4.78 is 6.16. The lowest BCUT2D eigenvalue weighted by Crippen LogP contribution is -2.30. The van der Waals surface area contributed by atoms with Crippen molar-refractivity contribution in [3.63, 3.8) is 0 Å². The van der Waals surface area contributed by atoms with Gasteiger partial charge in [0.25, 0.3) is 0 Å². The number of rotatable bonds is 2. The van der Waals surface area contributed by atoms with Crippen molar-refractivity contribution in [2.45, 2.75) is 38.6 Å². The van der Waals surface area contributed by atoms with Gasteiger partial charge in [-0.2, -0.15) is 4.98 Å². The first-order valence-electron chi connectivity index (χ1n) is 8.15. The fourth-order valence-electron chi connectivity index (χ4n) is 3.71. The number of nitrogens with one attached hydrogen (secondary N) is 1. The Kier molecular flexibility index (Phi) is 3.22. The van der Waals surface area contributed by atoms with Gasteiger partial charge in [0, 0.05) is 31.1 Å². The van der Waals surface area contributed by atoms with Crippen LogP contribution in [0.25, 0.3) is 11.1 Å². The standard InChI is InChI=1S/C16H23N5O/c1-9-3-4-12-11(7-9)13-14(22-12)15(20-16(17)19-13)21-6-5-10(8-21)18-2/h9-10,18H,3-8H2,1-2H3,(H2,17,19,20)/t9?,10-/m1/s1. The van der Waals surface area contributed by atoms with E-state index >= 15 is 0 Å². The second kappa shape index (κ2) is 5.12. The molecule has 2 atom stereocenters. The van der Waals surface area contributed by atoms with E-state index in [1.807, 2.05) is 7.05 Å². The van der Waals surface area contributed by atoms with Crippen LogP contribution < -0.4 is 16.0 Å². The van der Waals surface area contributed by atoms with Gasteiger partial charge in [0.2, 0.25) is 5.95 Å². The van der Waals surface area contributed by atoms with E-state index in [9.17, 15) is 0 Å². The molecule has 1 saturated heterocycles. The van der Waals surface area contributed by atoms with Crippen LogP contribution in [0.4, 0.5) is 11.8 Å². The molecule has 0 bridgehead atoms. The van der Waals surface area contributed by atoms with Gasteiger partial charge >= 0.3 is 0 Å². The summed E-state index contributed by atoms with van der Waals surface area (Å²) in [5.74, 6) is 2.96. The third kappa shape index (κ3) is 2.13. The van der Waals surface area contributed by atoms with E-state index in [0.29, 0.717) is 17.9 Å². The third-order valence-electron chi connectivity index (χ3n) is 5.03. The van der Waals surface area contributed by atoms with E-state index in [4.69, 9.17) is 10.2 Å². The number of aryl methyl sites for hydroxylation is 1. The van der Waals surface area contributed by atoms with Crippen LogP contribution in [0.2, 0.25) is 0 Å². The van der Waals surface area contributed by atoms with Gasteiger partial charge in [0.1, 0.15) is 11.3 Å². The molecule has 2 aliphatic rings. The number of nitrogens with zero attached hydrogens (tertiary/aromatic N) is 3. The molecule has 0 aromatic carbocycles. The lowest BCUT2D eigenvalue weighted by Gasteiger charge is -2.17. The van der Waals surface area contributed by atoms with Crippen LogP contribution in [-0.4, -0.2) is 36.1 Å². The van der Waals surface area contributed by atoms with Crippen LogP contribution in [-0.2, 0) is 12.8 Å². The van der Waals surface area contributed by atoms with Crippen LogP contribution >= 0.6 is 0 Å². The molecule has 0 radical (unpaired) electrons. The lowest BCUT2D eigenvalue weighted by molar-refractivity contribution is 0.438. The van der Waals surface area contributed by atoms with Gasteiger partial charge in [-0.05, 0) is 32.2 Å². The summed E-state index contributed by atoms with van der Waals surface area (Å²) in [5.41, 5.74) is 8.98. The van der Waals surface area contributed by atoms with Crippen molar-refractivity contribution in [1.82, 2.24) is 15.3 Å². The van der Waals surface area contributed by atoms with Gasteiger partial charge in [0.05, 0.1) is 0 Å². The molecule has 2 aromatic heterocycles. The van der Waals surface area contributed by atoms with E-state index < -0.39 is 0 Å². The first-order chi connectivity index (χ1) is 10.7. The number of furan rings is 1. The minimum Gasteiger partial charge on any atom is -0.455 e. The number of aromatic nitrogens is 2. The minimum absolute atomic E-state index is 0.345. The zero-order valence-electron chi connectivity index (χ0n) is 13.2. The molecule has 1 fully saturated rings. The molecule has 0 amide bonds. The van der Waals surface area contributed by atoms with E-state index in [1.54, 1.807) is 0 Å². The van der Waals surface area contributed by atoms with Crippen molar-refractivity contribution in [2.24, 2.45) is 5.92 Å². The fraction of sp³-hybridized carbons (Fsp3) is 0.625. The molecular formula is C16H23N5O. The predicted molar refractivity (Wildman–Crippen MR) is 87.1 cm³/mol. The fourth-order valence-corrected chi connectivity index (χ4v) is 3.71. The second-order valence-electron chi connectivity index (χ2n) is 6.66. The largest absolute Gasteiger partial charge is 0.455 e. The van der Waals surface area contributed by atoms with Crippen molar-refractivity contribution < 1.29 is 4.42 Å². The monoisotopic (exact) mass is 301 g/mol. The van der Waals surface area contributed by atoms with Crippen LogP contribution in [0.5, 0.6) is 0 Å². The molecule has 22 heavy (non-hydrogen) atoms. The van der Waals surface area contributed by atoms with Gasteiger partial charge in [-0.15, -0.1) is 0 Å². The van der Waals surface area contributed by atoms with Gasteiger partial charge in [0.15, 0.2) is 11.4 Å². The lowest BCUT2D eigenvalue weighted by atomic mass is 9.89. The summed E-state index contributed by atoms with van der Waals surface area (Å²) in [6.07, 6.45) is 4.30. The molecule has 0 spiro atoms. The van der Waals surface area contributed by atoms with Gasteiger partial charge in [-0.1, -0.05) is 6.92 Å². The SMILES string of the molecule is CN[C@@H]1CCN(c2nc(N)nc3c4c(oc23)CCC(C)C4)C1. The van der Waals surface area contributed by atoms with E-state index in [-0.39, 0.29) is 0 Å². The first kappa shape index (κ1) is 13.8. The highest BCUT2D eigenvalue weighted by Crippen LogP contribution is 2.37. The Balaban J connectivity index is 1.82. The number of fused-ring (bicyclic) bond motifs is 3. The summed E-state index contributed by atoms with van der Waals surface area (Å²) in [4.78, 5) is 11.2. The predicted octanol–water partition coefficient (Wildman–Crippen LogP) is 1.73. The maximum atomic E-state index is 6.16. The zero-order valence-corrected chi connectivity index (χ0v) is 13.2. The molecule has 6 heteroatoms. The van der Waals surface area contributed by atoms with Gasteiger partial charge in [-0.3, -0.25) is 0 Å². The van der Waals surface area contributed by atoms with Crippen molar-refractivity contribution in [3.05, 3.63) is 11.3 Å².